The number of halogens is 2. The standard InChI is InChI=1S/C2H4F2.C2H6O2/c2*3-1-2-4/h1-2H2;3-4H,1-2H2. The second-order valence-corrected chi connectivity index (χ2v) is 0.825. The van der Waals surface area contributed by atoms with Crippen LogP contribution in [0.15, 0.2) is 0 Å². The largest absolute Gasteiger partial charge is 0.394 e. The van der Waals surface area contributed by atoms with Crippen molar-refractivity contribution >= 4 is 0 Å². The van der Waals surface area contributed by atoms with E-state index in [9.17, 15) is 8.78 Å². The number of aliphatic hydroxyl groups excluding tert-OH is 2. The molecule has 0 aromatic heterocycles. The molecule has 0 radical (unpaired) electrons. The Bertz CT molecular complexity index is 20.0. The van der Waals surface area contributed by atoms with Gasteiger partial charge in [-0.05, 0) is 0 Å². The normalized spacial score (nSPS) is 7.50. The first-order valence-corrected chi connectivity index (χ1v) is 2.17. The van der Waals surface area contributed by atoms with Gasteiger partial charge in [0.25, 0.3) is 0 Å². The molecule has 8 heavy (non-hydrogen) atoms. The van der Waals surface area contributed by atoms with E-state index in [0.29, 0.717) is 0 Å². The Balaban J connectivity index is 0. The third-order valence-corrected chi connectivity index (χ3v) is 0.171. The van der Waals surface area contributed by atoms with Gasteiger partial charge in [0, 0.05) is 0 Å². The van der Waals surface area contributed by atoms with Crippen LogP contribution in [0.3, 0.4) is 0 Å². The predicted molar refractivity (Wildman–Crippen MR) is 26.1 cm³/mol. The van der Waals surface area contributed by atoms with Crippen LogP contribution in [-0.2, 0) is 0 Å². The summed E-state index contributed by atoms with van der Waals surface area (Å²) in [5, 5.41) is 15.2. The number of alkyl halides is 2. The molecule has 0 heterocycles. The van der Waals surface area contributed by atoms with Crippen LogP contribution < -0.4 is 0 Å². The minimum atomic E-state index is -0.847. The zero-order valence-corrected chi connectivity index (χ0v) is 4.48. The summed E-state index contributed by atoms with van der Waals surface area (Å²) in [5.41, 5.74) is 0. The van der Waals surface area contributed by atoms with Crippen molar-refractivity contribution in [3.63, 3.8) is 0 Å². The maximum absolute atomic E-state index is 10.3. The Labute approximate surface area is 46.8 Å². The quantitative estimate of drug-likeness (QED) is 0.545. The maximum atomic E-state index is 10.3. The topological polar surface area (TPSA) is 40.5 Å². The fourth-order valence-corrected chi connectivity index (χ4v) is 0. The summed E-state index contributed by atoms with van der Waals surface area (Å²) in [6.45, 7) is -1.94. The summed E-state index contributed by atoms with van der Waals surface area (Å²) in [7, 11) is 0. The molecule has 2 nitrogen and oxygen atoms in total. The number of hydrogen-bond acceptors (Lipinski definition) is 2. The first-order valence-electron chi connectivity index (χ1n) is 2.17. The highest BCUT2D eigenvalue weighted by atomic mass is 19.2. The smallest absolute Gasteiger partial charge is 0.118 e. The van der Waals surface area contributed by atoms with Crippen LogP contribution in [0.5, 0.6) is 0 Å². The van der Waals surface area contributed by atoms with Crippen LogP contribution in [0, 0.1) is 0 Å². The van der Waals surface area contributed by atoms with Crippen LogP contribution in [0.4, 0.5) is 8.78 Å². The van der Waals surface area contributed by atoms with E-state index >= 15 is 0 Å². The summed E-state index contributed by atoms with van der Waals surface area (Å²) in [6.07, 6.45) is 0. The molecule has 0 atom stereocenters. The van der Waals surface area contributed by atoms with Gasteiger partial charge < -0.3 is 10.2 Å². The lowest BCUT2D eigenvalue weighted by atomic mass is 10.8. The number of hydrogen-bond donors (Lipinski definition) is 2. The summed E-state index contributed by atoms with van der Waals surface area (Å²) in [4.78, 5) is 0. The number of rotatable bonds is 2. The van der Waals surface area contributed by atoms with Crippen LogP contribution in [-0.4, -0.2) is 36.8 Å². The third-order valence-electron chi connectivity index (χ3n) is 0.171. The van der Waals surface area contributed by atoms with Crippen molar-refractivity contribution in [1.29, 1.82) is 0 Å². The zero-order valence-electron chi connectivity index (χ0n) is 4.48. The highest BCUT2D eigenvalue weighted by molar-refractivity contribution is 4.09. The third kappa shape index (κ3) is 41.7. The minimum absolute atomic E-state index is 0.125. The molecule has 0 saturated heterocycles. The molecule has 0 bridgehead atoms. The van der Waals surface area contributed by atoms with Gasteiger partial charge in [-0.25, -0.2) is 8.78 Å². The molecule has 0 rings (SSSR count). The van der Waals surface area contributed by atoms with Crippen LogP contribution in [0.2, 0.25) is 0 Å². The first-order chi connectivity index (χ1) is 3.83. The fraction of sp³-hybridized carbons (Fsp3) is 1.00. The molecule has 0 saturated carbocycles. The van der Waals surface area contributed by atoms with Gasteiger partial charge in [0.15, 0.2) is 0 Å². The second kappa shape index (κ2) is 15.9. The molecular weight excluding hydrogens is 118 g/mol. The van der Waals surface area contributed by atoms with Crippen LogP contribution >= 0.6 is 0 Å². The first kappa shape index (κ1) is 10.7. The van der Waals surface area contributed by atoms with Crippen molar-refractivity contribution in [2.45, 2.75) is 0 Å². The van der Waals surface area contributed by atoms with Crippen molar-refractivity contribution in [3.05, 3.63) is 0 Å². The summed E-state index contributed by atoms with van der Waals surface area (Å²) in [5.74, 6) is 0. The van der Waals surface area contributed by atoms with Crippen molar-refractivity contribution in [3.8, 4) is 0 Å². The summed E-state index contributed by atoms with van der Waals surface area (Å²) in [6, 6.07) is 0. The Hall–Kier alpha value is -0.220. The molecular formula is C4H10F2O2. The van der Waals surface area contributed by atoms with Gasteiger partial charge >= 0.3 is 0 Å². The van der Waals surface area contributed by atoms with Gasteiger partial charge in [0.2, 0.25) is 0 Å². The summed E-state index contributed by atoms with van der Waals surface area (Å²) >= 11 is 0. The molecule has 0 aromatic carbocycles. The Morgan fingerprint density at radius 3 is 1.12 bits per heavy atom. The van der Waals surface area contributed by atoms with Crippen molar-refractivity contribution in [1.82, 2.24) is 0 Å². The predicted octanol–water partition coefficient (Wildman–Crippen LogP) is -0.104. The van der Waals surface area contributed by atoms with Crippen molar-refractivity contribution in [2.24, 2.45) is 0 Å². The lowest BCUT2D eigenvalue weighted by Gasteiger charge is -1.70. The number of aliphatic hydroxyl groups is 2. The van der Waals surface area contributed by atoms with E-state index in [1.165, 1.54) is 0 Å². The van der Waals surface area contributed by atoms with E-state index in [1.54, 1.807) is 0 Å². The van der Waals surface area contributed by atoms with E-state index < -0.39 is 13.3 Å². The maximum Gasteiger partial charge on any atom is 0.118 e. The average molecular weight is 128 g/mol. The Kier molecular flexibility index (Phi) is 21.2. The molecule has 0 aliphatic carbocycles. The van der Waals surface area contributed by atoms with Gasteiger partial charge in [-0.15, -0.1) is 0 Å². The SMILES string of the molecule is FCCF.OCCO. The Morgan fingerprint density at radius 1 is 0.875 bits per heavy atom. The zero-order chi connectivity index (χ0) is 6.83. The second-order valence-electron chi connectivity index (χ2n) is 0.825. The molecule has 0 aliphatic rings. The van der Waals surface area contributed by atoms with Gasteiger partial charge in [0.1, 0.15) is 13.3 Å². The molecule has 4 heteroatoms. The van der Waals surface area contributed by atoms with Gasteiger partial charge in [0.05, 0.1) is 13.2 Å². The van der Waals surface area contributed by atoms with Gasteiger partial charge in [-0.2, -0.15) is 0 Å². The molecule has 2 N–H and O–H groups in total. The fourth-order valence-electron chi connectivity index (χ4n) is 0. The van der Waals surface area contributed by atoms with E-state index in [1.807, 2.05) is 0 Å². The van der Waals surface area contributed by atoms with E-state index in [0.717, 1.165) is 0 Å². The van der Waals surface area contributed by atoms with E-state index in [2.05, 4.69) is 0 Å². The van der Waals surface area contributed by atoms with Crippen LogP contribution in [0.25, 0.3) is 0 Å². The average Bonchev–Trinajstić information content (AvgIpc) is 1.88. The van der Waals surface area contributed by atoms with Crippen LogP contribution in [0.1, 0.15) is 0 Å². The molecule has 0 aromatic rings. The van der Waals surface area contributed by atoms with Gasteiger partial charge in [-0.3, -0.25) is 0 Å². The van der Waals surface area contributed by atoms with E-state index in [-0.39, 0.29) is 13.2 Å². The molecule has 0 spiro atoms. The Morgan fingerprint density at radius 2 is 1.12 bits per heavy atom. The van der Waals surface area contributed by atoms with Crippen molar-refractivity contribution < 1.29 is 19.0 Å². The highest BCUT2D eigenvalue weighted by Crippen LogP contribution is 1.63. The minimum Gasteiger partial charge on any atom is -0.394 e. The monoisotopic (exact) mass is 128 g/mol. The van der Waals surface area contributed by atoms with Gasteiger partial charge in [-0.1, -0.05) is 0 Å². The highest BCUT2D eigenvalue weighted by Gasteiger charge is 1.65. The lowest BCUT2D eigenvalue weighted by molar-refractivity contribution is 0.186. The molecule has 0 unspecified atom stereocenters. The van der Waals surface area contributed by atoms with E-state index in [4.69, 9.17) is 10.2 Å². The molecule has 0 aliphatic heterocycles. The van der Waals surface area contributed by atoms with Crippen molar-refractivity contribution in [2.75, 3.05) is 26.6 Å². The molecule has 52 valence electrons. The summed E-state index contributed by atoms with van der Waals surface area (Å²) < 4.78 is 20.7. The lowest BCUT2D eigenvalue weighted by Crippen LogP contribution is -1.85. The molecule has 0 fully saturated rings. The molecule has 0 amide bonds.